The molecule has 0 aromatic carbocycles. The summed E-state index contributed by atoms with van der Waals surface area (Å²) in [4.78, 5) is 0. The molecular weight excluding hydrogens is 294 g/mol. The molecule has 12 heavy (non-hydrogen) atoms. The Morgan fingerprint density at radius 2 is 1.50 bits per heavy atom. The molecule has 0 aromatic heterocycles. The van der Waals surface area contributed by atoms with Gasteiger partial charge in [0.2, 0.25) is 0 Å². The van der Waals surface area contributed by atoms with Gasteiger partial charge < -0.3 is 22.3 Å². The van der Waals surface area contributed by atoms with Crippen molar-refractivity contribution in [2.24, 2.45) is 0 Å². The molecule has 0 nitrogen and oxygen atoms in total. The average Bonchev–Trinajstić information content (AvgIpc) is 2.11. The van der Waals surface area contributed by atoms with Crippen LogP contribution < -0.4 is 0 Å². The summed E-state index contributed by atoms with van der Waals surface area (Å²) in [5.74, 6) is 0. The molecule has 1 aliphatic carbocycles. The number of allylic oxidation sites excluding steroid dienone is 4. The van der Waals surface area contributed by atoms with Crippen molar-refractivity contribution in [3.8, 4) is 0 Å². The van der Waals surface area contributed by atoms with Crippen molar-refractivity contribution in [2.75, 3.05) is 0 Å². The van der Waals surface area contributed by atoms with Gasteiger partial charge in [0.1, 0.15) is 0 Å². The van der Waals surface area contributed by atoms with E-state index in [1.807, 2.05) is 12.2 Å². The normalized spacial score (nSPS) is 9.58. The molecule has 0 fully saturated rings. The van der Waals surface area contributed by atoms with Gasteiger partial charge in [0.15, 0.2) is 0 Å². The van der Waals surface area contributed by atoms with Crippen molar-refractivity contribution >= 4 is 25.5 Å². The van der Waals surface area contributed by atoms with Crippen LogP contribution >= 0.6 is 25.5 Å². The zero-order chi connectivity index (χ0) is 7.11. The minimum atomic E-state index is -2.13. The van der Waals surface area contributed by atoms with Gasteiger partial charge in [0.25, 0.3) is 0 Å². The third-order valence-electron chi connectivity index (χ3n) is 0.586. The molecule has 0 atom stereocenters. The summed E-state index contributed by atoms with van der Waals surface area (Å²) < 4.78 is 0. The first kappa shape index (κ1) is 23.2. The molecule has 0 saturated carbocycles. The van der Waals surface area contributed by atoms with Crippen molar-refractivity contribution in [3.63, 3.8) is 0 Å². The quantitative estimate of drug-likeness (QED) is 0.568. The van der Waals surface area contributed by atoms with E-state index in [0.29, 0.717) is 0 Å². The second-order valence-electron chi connectivity index (χ2n) is 1.22. The fourth-order valence-electron chi connectivity index (χ4n) is 0.340. The second kappa shape index (κ2) is 18.1. The van der Waals surface area contributed by atoms with Crippen molar-refractivity contribution < 1.29 is 18.2 Å². The Balaban J connectivity index is -0.0000000436. The third-order valence-corrected chi connectivity index (χ3v) is 0.586. The maximum atomic E-state index is 5.00. The van der Waals surface area contributed by atoms with E-state index in [9.17, 15) is 0 Å². The van der Waals surface area contributed by atoms with Crippen LogP contribution in [0.1, 0.15) is 6.42 Å². The second-order valence-corrected chi connectivity index (χ2v) is 12.4. The van der Waals surface area contributed by atoms with E-state index in [1.165, 1.54) is 0 Å². The summed E-state index contributed by atoms with van der Waals surface area (Å²) in [6, 6.07) is 0. The SMILES string of the molecule is [C-]1=CC=CC1.[CH3-].[CH3-].[CH3-].[Cl][Zr]([Cl])[Cl]. The Hall–Kier alpha value is 1.23. The van der Waals surface area contributed by atoms with Crippen LogP contribution in [0, 0.1) is 28.4 Å². The van der Waals surface area contributed by atoms with Crippen LogP contribution in [0.5, 0.6) is 0 Å². The molecule has 0 radical (unpaired) electrons. The van der Waals surface area contributed by atoms with Gasteiger partial charge in [-0.2, -0.15) is 6.08 Å². The summed E-state index contributed by atoms with van der Waals surface area (Å²) >= 11 is -2.13. The van der Waals surface area contributed by atoms with E-state index in [2.05, 4.69) is 12.2 Å². The molecule has 0 aliphatic heterocycles. The van der Waals surface area contributed by atoms with Gasteiger partial charge in [-0.15, -0.1) is 6.42 Å². The summed E-state index contributed by atoms with van der Waals surface area (Å²) in [5.41, 5.74) is 0. The molecule has 4 heteroatoms. The summed E-state index contributed by atoms with van der Waals surface area (Å²) in [6.07, 6.45) is 10.0. The van der Waals surface area contributed by atoms with Crippen LogP contribution in [0.4, 0.5) is 0 Å². The number of halogens is 3. The molecule has 0 unspecified atom stereocenters. The van der Waals surface area contributed by atoms with Crippen molar-refractivity contribution in [1.29, 1.82) is 0 Å². The molecule has 1 aliphatic rings. The van der Waals surface area contributed by atoms with E-state index < -0.39 is 18.2 Å². The molecule has 0 heterocycles. The van der Waals surface area contributed by atoms with E-state index in [0.717, 1.165) is 6.42 Å². The van der Waals surface area contributed by atoms with E-state index in [4.69, 9.17) is 25.5 Å². The van der Waals surface area contributed by atoms with Gasteiger partial charge in [0, 0.05) is 0 Å². The topological polar surface area (TPSA) is 0 Å². The average molecular weight is 308 g/mol. The number of hydrogen-bond acceptors (Lipinski definition) is 0. The maximum absolute atomic E-state index is 5.00. The zero-order valence-electron chi connectivity index (χ0n) is 7.57. The van der Waals surface area contributed by atoms with E-state index in [1.54, 1.807) is 0 Å². The fourth-order valence-corrected chi connectivity index (χ4v) is 0.340. The molecule has 0 amide bonds. The van der Waals surface area contributed by atoms with Gasteiger partial charge in [-0.05, 0) is 0 Å². The summed E-state index contributed by atoms with van der Waals surface area (Å²) in [7, 11) is 15.0. The Labute approximate surface area is 95.9 Å². The third kappa shape index (κ3) is 30.3. The molecule has 1 rings (SSSR count). The Kier molecular flexibility index (Phi) is 35.1. The molecule has 0 saturated heterocycles. The van der Waals surface area contributed by atoms with Crippen LogP contribution in [0.15, 0.2) is 18.2 Å². The number of hydrogen-bond donors (Lipinski definition) is 0. The molecule has 0 bridgehead atoms. The molecular formula is C8H14Cl3Zr-4. The fraction of sp³-hybridized carbons (Fsp3) is 0.125. The van der Waals surface area contributed by atoms with E-state index >= 15 is 0 Å². The first-order valence-corrected chi connectivity index (χ1v) is 11.8. The summed E-state index contributed by atoms with van der Waals surface area (Å²) in [5, 5.41) is 0. The zero-order valence-corrected chi connectivity index (χ0v) is 12.3. The Morgan fingerprint density at radius 3 is 1.58 bits per heavy atom. The van der Waals surface area contributed by atoms with Crippen molar-refractivity contribution in [3.05, 3.63) is 46.6 Å². The first-order chi connectivity index (χ1) is 4.23. The van der Waals surface area contributed by atoms with Crippen molar-refractivity contribution in [2.45, 2.75) is 6.42 Å². The van der Waals surface area contributed by atoms with Gasteiger partial charge in [-0.1, -0.05) is 0 Å². The van der Waals surface area contributed by atoms with Crippen LogP contribution in [0.2, 0.25) is 0 Å². The Morgan fingerprint density at radius 1 is 1.08 bits per heavy atom. The van der Waals surface area contributed by atoms with E-state index in [-0.39, 0.29) is 22.3 Å². The monoisotopic (exact) mass is 305 g/mol. The molecule has 0 spiro atoms. The number of rotatable bonds is 0. The van der Waals surface area contributed by atoms with Crippen LogP contribution in [0.3, 0.4) is 0 Å². The first-order valence-electron chi connectivity index (χ1n) is 2.28. The standard InChI is InChI=1S/C5H5.3CH3.3ClH.Zr/c1-2-4-5-3-1;;;;;;;/h1-3H,4H2;3*1H3;3*1H;/q4*-1;;;;+3/p-3. The van der Waals surface area contributed by atoms with Gasteiger partial charge in [-0.3, -0.25) is 6.08 Å². The molecule has 0 N–H and O–H groups in total. The van der Waals surface area contributed by atoms with Gasteiger partial charge >= 0.3 is 43.7 Å². The van der Waals surface area contributed by atoms with Crippen LogP contribution in [-0.4, -0.2) is 0 Å². The molecule has 0 aromatic rings. The van der Waals surface area contributed by atoms with Gasteiger partial charge in [-0.25, -0.2) is 12.2 Å². The van der Waals surface area contributed by atoms with Gasteiger partial charge in [0.05, 0.1) is 0 Å². The Bertz CT molecular complexity index is 98.1. The predicted octanol–water partition coefficient (Wildman–Crippen LogP) is 4.72. The molecule has 75 valence electrons. The van der Waals surface area contributed by atoms with Crippen molar-refractivity contribution in [1.82, 2.24) is 0 Å². The summed E-state index contributed by atoms with van der Waals surface area (Å²) in [6.45, 7) is 0. The van der Waals surface area contributed by atoms with Crippen LogP contribution in [0.25, 0.3) is 0 Å². The van der Waals surface area contributed by atoms with Crippen LogP contribution in [-0.2, 0) is 18.2 Å². The predicted molar refractivity (Wildman–Crippen MR) is 58.4 cm³/mol. The minimum absolute atomic E-state index is 0.